The van der Waals surface area contributed by atoms with Crippen molar-refractivity contribution < 1.29 is 55.3 Å². The van der Waals surface area contributed by atoms with Gasteiger partial charge in [0.2, 0.25) is 27.7 Å². The third-order valence-electron chi connectivity index (χ3n) is 12.2. The topological polar surface area (TPSA) is 185 Å². The number of carboxylic acid groups (broad SMARTS) is 1. The van der Waals surface area contributed by atoms with Crippen molar-refractivity contribution >= 4 is 44.6 Å². The Hall–Kier alpha value is -4.61. The van der Waals surface area contributed by atoms with Crippen LogP contribution < -0.4 is 19.5 Å². The zero-order valence-corrected chi connectivity index (χ0v) is 33.6. The molecule has 3 heterocycles. The molecule has 58 heavy (non-hydrogen) atoms. The summed E-state index contributed by atoms with van der Waals surface area (Å²) in [4.78, 5) is 62.0. The molecule has 2 aromatic rings. The molecule has 4 fully saturated rings. The number of nitrogens with zero attached hydrogens (tertiary/aromatic N) is 3. The van der Waals surface area contributed by atoms with Crippen molar-refractivity contribution in [1.82, 2.24) is 24.8 Å². The average molecular weight is 834 g/mol. The minimum atomic E-state index is -5.09. The lowest BCUT2D eigenvalue weighted by molar-refractivity contribution is -0.222. The number of amides is 4. The first-order valence-electron chi connectivity index (χ1n) is 19.9. The van der Waals surface area contributed by atoms with Gasteiger partial charge < -0.3 is 24.8 Å². The number of rotatable bonds is 9. The maximum Gasteiger partial charge on any atom is 0.411 e. The highest BCUT2D eigenvalue weighted by Gasteiger charge is 2.63. The van der Waals surface area contributed by atoms with Gasteiger partial charge >= 0.3 is 12.3 Å². The third-order valence-corrected chi connectivity index (χ3v) is 14.0. The van der Waals surface area contributed by atoms with Gasteiger partial charge in [-0.1, -0.05) is 44.2 Å². The van der Waals surface area contributed by atoms with Crippen molar-refractivity contribution in [3.8, 4) is 11.6 Å². The summed E-state index contributed by atoms with van der Waals surface area (Å²) in [5.41, 5.74) is -4.72. The number of aromatic nitrogens is 1. The van der Waals surface area contributed by atoms with E-state index in [1.54, 1.807) is 18.2 Å². The lowest BCUT2D eigenvalue weighted by atomic mass is 9.85. The van der Waals surface area contributed by atoms with Gasteiger partial charge in [0.25, 0.3) is 5.91 Å². The summed E-state index contributed by atoms with van der Waals surface area (Å²) >= 11 is 0. The highest BCUT2D eigenvalue weighted by Crippen LogP contribution is 2.47. The van der Waals surface area contributed by atoms with Gasteiger partial charge in [-0.05, 0) is 83.1 Å². The summed E-state index contributed by atoms with van der Waals surface area (Å²) in [6.07, 6.45) is 0.747. The number of ether oxygens (including phenoxy) is 2. The third kappa shape index (κ3) is 8.17. The van der Waals surface area contributed by atoms with E-state index in [2.05, 4.69) is 15.0 Å². The van der Waals surface area contributed by atoms with Crippen molar-refractivity contribution in [1.29, 1.82) is 0 Å². The number of fused-ring (bicyclic) bond motifs is 3. The zero-order chi connectivity index (χ0) is 41.9. The second-order valence-corrected chi connectivity index (χ2v) is 19.2. The van der Waals surface area contributed by atoms with Gasteiger partial charge in [0.05, 0.1) is 24.1 Å². The van der Waals surface area contributed by atoms with E-state index in [1.807, 2.05) is 25.1 Å². The normalized spacial score (nSPS) is 29.7. The van der Waals surface area contributed by atoms with Crippen molar-refractivity contribution in [2.75, 3.05) is 6.54 Å². The molecule has 3 N–H and O–H groups in total. The quantitative estimate of drug-likeness (QED) is 0.280. The summed E-state index contributed by atoms with van der Waals surface area (Å²) in [6, 6.07) is 3.85. The van der Waals surface area contributed by atoms with Crippen LogP contribution in [-0.4, -0.2) is 105 Å². The molecule has 14 nitrogen and oxygen atoms in total. The van der Waals surface area contributed by atoms with Crippen molar-refractivity contribution in [2.45, 2.75) is 132 Å². The smallest absolute Gasteiger partial charge is 0.411 e. The van der Waals surface area contributed by atoms with Gasteiger partial charge in [-0.15, -0.1) is 0 Å². The van der Waals surface area contributed by atoms with E-state index in [-0.39, 0.29) is 48.6 Å². The molecule has 0 spiro atoms. The minimum Gasteiger partial charge on any atom is -0.488 e. The monoisotopic (exact) mass is 833 g/mol. The number of pyridine rings is 1. The standard InChI is InChI=1S/C40H50F3N5O9S/c1-22-9-5-6-10-24-19-39(24,36(51)46-58(54,55)27-15-16-27)45-33(49)30-18-26(57-34-29-12-8-7-11-28(29)31(20-44-34)56-25-13-14-25)21-47(30)35(50)32(23(2)17-22)48(37(52)53)38(3,4)40(41,42)43/h6-8,10-12,20,22-27,30,32H,5,9,13-19,21H2,1-4H3,(H,45,49)(H,46,51)(H,52,53)/t22-,23-,24-,26-,30+,32+,39-/m1/s1. The molecule has 18 heteroatoms. The van der Waals surface area contributed by atoms with E-state index in [9.17, 15) is 41.1 Å². The van der Waals surface area contributed by atoms with Crippen molar-refractivity contribution in [2.24, 2.45) is 17.8 Å². The Morgan fingerprint density at radius 1 is 1.02 bits per heavy atom. The van der Waals surface area contributed by atoms with Crippen LogP contribution in [0.5, 0.6) is 11.6 Å². The van der Waals surface area contributed by atoms with Crippen molar-refractivity contribution in [3.05, 3.63) is 42.6 Å². The van der Waals surface area contributed by atoms with Gasteiger partial charge in [-0.25, -0.2) is 18.2 Å². The van der Waals surface area contributed by atoms with Crippen LogP contribution in [0.3, 0.4) is 0 Å². The molecular weight excluding hydrogens is 784 g/mol. The zero-order valence-electron chi connectivity index (χ0n) is 32.8. The molecule has 7 atom stereocenters. The number of nitrogens with one attached hydrogen (secondary N) is 2. The van der Waals surface area contributed by atoms with Gasteiger partial charge in [-0.2, -0.15) is 13.2 Å². The van der Waals surface area contributed by atoms with Crippen LogP contribution in [0.15, 0.2) is 42.6 Å². The van der Waals surface area contributed by atoms with Crippen LogP contribution >= 0.6 is 0 Å². The molecule has 3 aliphatic carbocycles. The molecule has 2 aliphatic heterocycles. The number of carbonyl (C=O) groups is 4. The molecule has 1 aromatic heterocycles. The predicted octanol–water partition coefficient (Wildman–Crippen LogP) is 5.31. The summed E-state index contributed by atoms with van der Waals surface area (Å²) in [5.74, 6) is -3.85. The first-order valence-corrected chi connectivity index (χ1v) is 21.4. The number of benzene rings is 1. The fourth-order valence-electron chi connectivity index (χ4n) is 8.34. The SMILES string of the molecule is C[C@@H]1CCC=C[C@@H]2C[C@@]2(C(=O)NS(=O)(=O)C2CC2)NC(=O)[C@@H]2C[C@@H](Oc3ncc(OC4CC4)c4ccccc34)CN2C(=O)[C@@H](N(C(=O)O)C(C)(C)C(F)(F)F)[C@H](C)C1. The van der Waals surface area contributed by atoms with Gasteiger partial charge in [0.1, 0.15) is 35.0 Å². The number of sulfonamides is 1. The summed E-state index contributed by atoms with van der Waals surface area (Å²) in [6.45, 7) is 4.44. The van der Waals surface area contributed by atoms with E-state index >= 15 is 4.79 Å². The van der Waals surface area contributed by atoms with Crippen LogP contribution in [0, 0.1) is 17.8 Å². The van der Waals surface area contributed by atoms with E-state index in [4.69, 9.17) is 9.47 Å². The molecule has 7 rings (SSSR count). The molecule has 3 saturated carbocycles. The van der Waals surface area contributed by atoms with Crippen molar-refractivity contribution in [3.63, 3.8) is 0 Å². The Bertz CT molecular complexity index is 2110. The maximum atomic E-state index is 15.0. The summed E-state index contributed by atoms with van der Waals surface area (Å²) in [5, 5.41) is 13.8. The number of halogens is 3. The number of carbonyl (C=O) groups excluding carboxylic acids is 3. The predicted molar refractivity (Wildman–Crippen MR) is 204 cm³/mol. The molecule has 1 aromatic carbocycles. The fourth-order valence-corrected chi connectivity index (χ4v) is 9.70. The molecule has 316 valence electrons. The molecule has 4 amide bonds. The lowest BCUT2D eigenvalue weighted by Crippen LogP contribution is -2.66. The fraction of sp³-hybridized carbons (Fsp3) is 0.625. The van der Waals surface area contributed by atoms with Gasteiger partial charge in [0.15, 0.2) is 0 Å². The second-order valence-electron chi connectivity index (χ2n) is 17.2. The minimum absolute atomic E-state index is 0.0643. The van der Waals surface area contributed by atoms with Crippen LogP contribution in [0.1, 0.15) is 85.5 Å². The van der Waals surface area contributed by atoms with Crippen LogP contribution in [0.25, 0.3) is 10.8 Å². The van der Waals surface area contributed by atoms with Crippen LogP contribution in [0.4, 0.5) is 18.0 Å². The Morgan fingerprint density at radius 3 is 2.34 bits per heavy atom. The first kappa shape index (κ1) is 41.5. The van der Waals surface area contributed by atoms with E-state index in [0.717, 1.165) is 17.7 Å². The number of alkyl halides is 3. The molecule has 1 saturated heterocycles. The number of allylic oxidation sites excluding steroid dienone is 1. The van der Waals surface area contributed by atoms with E-state index in [1.165, 1.54) is 13.1 Å². The van der Waals surface area contributed by atoms with Crippen LogP contribution in [-0.2, 0) is 24.4 Å². The molecule has 5 aliphatic rings. The summed E-state index contributed by atoms with van der Waals surface area (Å²) < 4.78 is 84.5. The van der Waals surface area contributed by atoms with Crippen LogP contribution in [0.2, 0.25) is 0 Å². The molecule has 0 radical (unpaired) electrons. The Morgan fingerprint density at radius 2 is 1.71 bits per heavy atom. The molecule has 0 unspecified atom stereocenters. The first-order chi connectivity index (χ1) is 27.2. The Balaban J connectivity index is 1.28. The average Bonchev–Trinajstić information content (AvgIpc) is 4.05. The number of hydrogen-bond acceptors (Lipinski definition) is 9. The van der Waals surface area contributed by atoms with Gasteiger partial charge in [0, 0.05) is 23.1 Å². The van der Waals surface area contributed by atoms with Gasteiger partial charge in [-0.3, -0.25) is 24.0 Å². The lowest BCUT2D eigenvalue weighted by Gasteiger charge is -2.45. The Kier molecular flexibility index (Phi) is 10.9. The largest absolute Gasteiger partial charge is 0.488 e. The van der Waals surface area contributed by atoms with E-state index in [0.29, 0.717) is 56.1 Å². The number of hydrogen-bond donors (Lipinski definition) is 3. The maximum absolute atomic E-state index is 15.0. The molecular formula is C40H50F3N5O9S. The highest BCUT2D eigenvalue weighted by molar-refractivity contribution is 7.91. The highest BCUT2D eigenvalue weighted by atomic mass is 32.2. The second kappa shape index (κ2) is 15.2. The Labute approximate surface area is 334 Å². The van der Waals surface area contributed by atoms with E-state index < -0.39 is 86.4 Å². The molecule has 0 bridgehead atoms. The summed E-state index contributed by atoms with van der Waals surface area (Å²) in [7, 11) is -4.02.